The number of hydrogen-bond acceptors (Lipinski definition) is 5. The molecular formula is C17H17FN4O2S. The zero-order valence-electron chi connectivity index (χ0n) is 13.9. The van der Waals surface area contributed by atoms with Crippen molar-refractivity contribution in [2.45, 2.75) is 33.4 Å². The molecule has 0 radical (unpaired) electrons. The molecule has 25 heavy (non-hydrogen) atoms. The first-order valence-electron chi connectivity index (χ1n) is 7.86. The minimum atomic E-state index is -0.367. The summed E-state index contributed by atoms with van der Waals surface area (Å²) in [5.41, 5.74) is 1.45. The third-order valence-electron chi connectivity index (χ3n) is 3.71. The fourth-order valence-electron chi connectivity index (χ4n) is 2.40. The van der Waals surface area contributed by atoms with Crippen LogP contribution in [0.25, 0.3) is 10.2 Å². The van der Waals surface area contributed by atoms with Gasteiger partial charge in [-0.05, 0) is 31.0 Å². The summed E-state index contributed by atoms with van der Waals surface area (Å²) in [6.07, 6.45) is 0.746. The summed E-state index contributed by atoms with van der Waals surface area (Å²) in [5.74, 6) is -0.673. The maximum atomic E-state index is 12.9. The van der Waals surface area contributed by atoms with Crippen LogP contribution in [0.3, 0.4) is 0 Å². The van der Waals surface area contributed by atoms with Crippen molar-refractivity contribution in [2.24, 2.45) is 0 Å². The van der Waals surface area contributed by atoms with Crippen molar-refractivity contribution in [1.29, 1.82) is 0 Å². The molecule has 0 aliphatic carbocycles. The quantitative estimate of drug-likeness (QED) is 0.757. The Balaban J connectivity index is 1.75. The lowest BCUT2D eigenvalue weighted by Crippen LogP contribution is -2.33. The number of hydrogen-bond donors (Lipinski definition) is 1. The first-order chi connectivity index (χ1) is 12.0. The Labute approximate surface area is 147 Å². The summed E-state index contributed by atoms with van der Waals surface area (Å²) in [7, 11) is 0. The van der Waals surface area contributed by atoms with Gasteiger partial charge in [0.15, 0.2) is 5.52 Å². The Morgan fingerprint density at radius 1 is 1.32 bits per heavy atom. The van der Waals surface area contributed by atoms with Crippen LogP contribution in [0.1, 0.15) is 23.2 Å². The molecule has 3 rings (SSSR count). The second-order valence-electron chi connectivity index (χ2n) is 5.59. The first-order valence-corrected chi connectivity index (χ1v) is 8.68. The molecule has 0 unspecified atom stereocenters. The summed E-state index contributed by atoms with van der Waals surface area (Å²) in [6, 6.07) is 5.85. The average Bonchev–Trinajstić information content (AvgIpc) is 3.04. The third kappa shape index (κ3) is 3.74. The van der Waals surface area contributed by atoms with E-state index in [1.165, 1.54) is 23.5 Å². The van der Waals surface area contributed by atoms with E-state index in [9.17, 15) is 14.0 Å². The van der Waals surface area contributed by atoms with Gasteiger partial charge in [-0.1, -0.05) is 19.1 Å². The third-order valence-corrected chi connectivity index (χ3v) is 5.02. The molecule has 8 heteroatoms. The normalized spacial score (nSPS) is 11.0. The van der Waals surface area contributed by atoms with Crippen LogP contribution >= 0.6 is 11.3 Å². The van der Waals surface area contributed by atoms with Crippen LogP contribution in [-0.2, 0) is 24.3 Å². The molecule has 0 aliphatic heterocycles. The van der Waals surface area contributed by atoms with Crippen LogP contribution in [0.4, 0.5) is 4.39 Å². The van der Waals surface area contributed by atoms with Crippen LogP contribution in [0, 0.1) is 12.7 Å². The van der Waals surface area contributed by atoms with Gasteiger partial charge in [0.2, 0.25) is 5.91 Å². The number of carbonyl (C=O) groups excluding carboxylic acids is 1. The molecule has 0 fully saturated rings. The number of amides is 1. The minimum Gasteiger partial charge on any atom is -0.350 e. The van der Waals surface area contributed by atoms with Gasteiger partial charge < -0.3 is 5.32 Å². The average molecular weight is 360 g/mol. The van der Waals surface area contributed by atoms with Crippen molar-refractivity contribution in [3.05, 3.63) is 56.7 Å². The molecule has 130 valence electrons. The van der Waals surface area contributed by atoms with E-state index in [4.69, 9.17) is 0 Å². The van der Waals surface area contributed by atoms with E-state index in [0.717, 1.165) is 26.4 Å². The summed E-state index contributed by atoms with van der Waals surface area (Å²) in [4.78, 5) is 28.9. The molecular weight excluding hydrogens is 343 g/mol. The van der Waals surface area contributed by atoms with E-state index in [1.807, 2.05) is 6.92 Å². The lowest BCUT2D eigenvalue weighted by molar-refractivity contribution is -0.122. The minimum absolute atomic E-state index is 0.185. The zero-order chi connectivity index (χ0) is 18.0. The van der Waals surface area contributed by atoms with Crippen LogP contribution in [0.5, 0.6) is 0 Å². The van der Waals surface area contributed by atoms with E-state index in [2.05, 4.69) is 15.4 Å². The molecule has 2 aromatic heterocycles. The number of nitrogens with zero attached hydrogens (tertiary/aromatic N) is 3. The molecule has 0 aliphatic rings. The topological polar surface area (TPSA) is 76.9 Å². The van der Waals surface area contributed by atoms with Gasteiger partial charge in [0.05, 0.1) is 15.4 Å². The van der Waals surface area contributed by atoms with Crippen LogP contribution < -0.4 is 10.9 Å². The summed E-state index contributed by atoms with van der Waals surface area (Å²) < 4.78 is 14.8. The van der Waals surface area contributed by atoms with E-state index < -0.39 is 0 Å². The van der Waals surface area contributed by atoms with Gasteiger partial charge >= 0.3 is 0 Å². The maximum Gasteiger partial charge on any atom is 0.294 e. The van der Waals surface area contributed by atoms with E-state index >= 15 is 0 Å². The second kappa shape index (κ2) is 7.10. The Hall–Kier alpha value is -2.61. The molecule has 2 heterocycles. The summed E-state index contributed by atoms with van der Waals surface area (Å²) in [6.45, 7) is 3.84. The highest BCUT2D eigenvalue weighted by atomic mass is 32.1. The number of benzene rings is 1. The number of thiazole rings is 1. The molecule has 1 aromatic carbocycles. The van der Waals surface area contributed by atoms with Crippen molar-refractivity contribution in [1.82, 2.24) is 20.1 Å². The van der Waals surface area contributed by atoms with Gasteiger partial charge in [0.25, 0.3) is 5.56 Å². The second-order valence-corrected chi connectivity index (χ2v) is 6.67. The number of aryl methyl sites for hydroxylation is 2. The largest absolute Gasteiger partial charge is 0.350 e. The highest BCUT2D eigenvalue weighted by molar-refractivity contribution is 7.18. The highest BCUT2D eigenvalue weighted by Crippen LogP contribution is 2.21. The van der Waals surface area contributed by atoms with Crippen molar-refractivity contribution < 1.29 is 9.18 Å². The summed E-state index contributed by atoms with van der Waals surface area (Å²) >= 11 is 1.46. The van der Waals surface area contributed by atoms with Gasteiger partial charge in [-0.25, -0.2) is 14.1 Å². The highest BCUT2D eigenvalue weighted by Gasteiger charge is 2.15. The van der Waals surface area contributed by atoms with Crippen molar-refractivity contribution in [3.8, 4) is 0 Å². The molecule has 0 spiro atoms. The molecule has 0 bridgehead atoms. The number of rotatable bonds is 5. The number of fused-ring (bicyclic) bond motifs is 1. The Bertz CT molecular complexity index is 979. The van der Waals surface area contributed by atoms with Crippen molar-refractivity contribution in [3.63, 3.8) is 0 Å². The fraction of sp³-hybridized carbons (Fsp3) is 0.294. The number of halogens is 1. The predicted octanol–water partition coefficient (Wildman–Crippen LogP) is 2.18. The van der Waals surface area contributed by atoms with Crippen LogP contribution in [0.2, 0.25) is 0 Å². The number of carbonyl (C=O) groups is 1. The van der Waals surface area contributed by atoms with Gasteiger partial charge in [0.1, 0.15) is 12.4 Å². The van der Waals surface area contributed by atoms with Crippen molar-refractivity contribution in [2.75, 3.05) is 0 Å². The van der Waals surface area contributed by atoms with Crippen LogP contribution in [0.15, 0.2) is 29.1 Å². The standard InChI is InChI=1S/C17H17FN4O2S/c1-3-14-20-15-16(25-14)10(2)21-22(17(15)24)9-13(23)19-8-11-4-6-12(18)7-5-11/h4-7H,3,8-9H2,1-2H3,(H,19,23). The van der Waals surface area contributed by atoms with E-state index in [0.29, 0.717) is 11.2 Å². The van der Waals surface area contributed by atoms with Gasteiger partial charge in [-0.3, -0.25) is 9.59 Å². The van der Waals surface area contributed by atoms with E-state index in [-0.39, 0.29) is 30.4 Å². The Kier molecular flexibility index (Phi) is 4.89. The van der Waals surface area contributed by atoms with Gasteiger partial charge in [-0.2, -0.15) is 5.10 Å². The van der Waals surface area contributed by atoms with Crippen LogP contribution in [-0.4, -0.2) is 20.7 Å². The molecule has 0 saturated carbocycles. The number of nitrogens with one attached hydrogen (secondary N) is 1. The lowest BCUT2D eigenvalue weighted by atomic mass is 10.2. The fourth-order valence-corrected chi connectivity index (χ4v) is 3.34. The van der Waals surface area contributed by atoms with Gasteiger partial charge in [-0.15, -0.1) is 11.3 Å². The number of aromatic nitrogens is 3. The van der Waals surface area contributed by atoms with Crippen molar-refractivity contribution >= 4 is 27.5 Å². The Morgan fingerprint density at radius 2 is 2.04 bits per heavy atom. The molecule has 0 atom stereocenters. The molecule has 1 N–H and O–H groups in total. The predicted molar refractivity (Wildman–Crippen MR) is 94.0 cm³/mol. The molecule has 3 aromatic rings. The monoisotopic (exact) mass is 360 g/mol. The van der Waals surface area contributed by atoms with Gasteiger partial charge in [0, 0.05) is 6.54 Å². The lowest BCUT2D eigenvalue weighted by Gasteiger charge is -2.07. The van der Waals surface area contributed by atoms with E-state index in [1.54, 1.807) is 19.1 Å². The smallest absolute Gasteiger partial charge is 0.294 e. The molecule has 1 amide bonds. The zero-order valence-corrected chi connectivity index (χ0v) is 14.7. The molecule has 0 saturated heterocycles. The maximum absolute atomic E-state index is 12.9. The summed E-state index contributed by atoms with van der Waals surface area (Å²) in [5, 5.41) is 7.79. The molecule has 6 nitrogen and oxygen atoms in total. The SMILES string of the molecule is CCc1nc2c(=O)n(CC(=O)NCc3ccc(F)cc3)nc(C)c2s1. The Morgan fingerprint density at radius 3 is 2.72 bits per heavy atom. The first kappa shape index (κ1) is 17.2.